The highest BCUT2D eigenvalue weighted by Crippen LogP contribution is 2.38. The second kappa shape index (κ2) is 14.7. The number of para-hydroxylation sites is 1. The molecule has 2 atom stereocenters. The van der Waals surface area contributed by atoms with Gasteiger partial charge in [-0.1, -0.05) is 42.5 Å². The molecule has 0 fully saturated rings. The van der Waals surface area contributed by atoms with E-state index in [1.54, 1.807) is 23.0 Å². The van der Waals surface area contributed by atoms with Gasteiger partial charge in [0.15, 0.2) is 0 Å². The van der Waals surface area contributed by atoms with E-state index in [1.165, 1.54) is 11.8 Å². The summed E-state index contributed by atoms with van der Waals surface area (Å²) in [6.07, 6.45) is 0.652. The van der Waals surface area contributed by atoms with Gasteiger partial charge in [-0.3, -0.25) is 4.79 Å². The highest BCUT2D eigenvalue weighted by molar-refractivity contribution is 7.99. The van der Waals surface area contributed by atoms with Gasteiger partial charge in [0.1, 0.15) is 18.1 Å². The SMILES string of the molecule is COc1ccc2c(c1)SC[C@@H](NC(=O)NCC(C)(C)NC[C@H](O)CO)C(=O)N2Cc1ccc(-c2ccccc2-n2cnnn2)cc1. The third-order valence-electron chi connectivity index (χ3n) is 7.56. The zero-order valence-electron chi connectivity index (χ0n) is 25.9. The fraction of sp³-hybridized carbons (Fsp3) is 0.344. The average molecular weight is 647 g/mol. The number of anilines is 1. The number of β-amino-alcohol motifs (C(OH)–C–C–N with tert-alkyl or cyclic N) is 1. The number of ether oxygens (including phenoxy) is 1. The van der Waals surface area contributed by atoms with Crippen molar-refractivity contribution in [1.82, 2.24) is 36.2 Å². The first-order valence-corrected chi connectivity index (χ1v) is 15.8. The molecule has 242 valence electrons. The number of rotatable bonds is 12. The fourth-order valence-corrected chi connectivity index (χ4v) is 6.07. The van der Waals surface area contributed by atoms with Crippen LogP contribution >= 0.6 is 11.8 Å². The number of carbonyl (C=O) groups excluding carboxylic acids is 2. The Morgan fingerprint density at radius 2 is 1.91 bits per heavy atom. The molecule has 14 heteroatoms. The molecule has 1 aliphatic heterocycles. The van der Waals surface area contributed by atoms with E-state index in [-0.39, 0.29) is 32.1 Å². The summed E-state index contributed by atoms with van der Waals surface area (Å²) in [6.45, 7) is 4.07. The number of aromatic nitrogens is 4. The molecular weight excluding hydrogens is 608 g/mol. The minimum absolute atomic E-state index is 0.175. The lowest BCUT2D eigenvalue weighted by atomic mass is 10.0. The summed E-state index contributed by atoms with van der Waals surface area (Å²) in [7, 11) is 1.60. The lowest BCUT2D eigenvalue weighted by Gasteiger charge is -2.29. The number of urea groups is 1. The maximum atomic E-state index is 14.0. The molecule has 0 spiro atoms. The number of aliphatic hydroxyl groups excluding tert-OH is 2. The van der Waals surface area contributed by atoms with E-state index < -0.39 is 23.7 Å². The molecule has 3 aromatic carbocycles. The van der Waals surface area contributed by atoms with Crippen LogP contribution in [-0.2, 0) is 11.3 Å². The first-order valence-electron chi connectivity index (χ1n) is 14.8. The van der Waals surface area contributed by atoms with E-state index in [1.807, 2.05) is 80.6 Å². The number of aliphatic hydroxyl groups is 2. The van der Waals surface area contributed by atoms with Gasteiger partial charge in [-0.15, -0.1) is 16.9 Å². The van der Waals surface area contributed by atoms with Crippen LogP contribution in [0.1, 0.15) is 19.4 Å². The molecule has 0 bridgehead atoms. The van der Waals surface area contributed by atoms with Gasteiger partial charge in [0.2, 0.25) is 0 Å². The number of methoxy groups -OCH3 is 1. The lowest BCUT2D eigenvalue weighted by Crippen LogP contribution is -2.56. The van der Waals surface area contributed by atoms with E-state index in [0.717, 1.165) is 33.0 Å². The molecule has 5 rings (SSSR count). The van der Waals surface area contributed by atoms with Gasteiger partial charge in [0.05, 0.1) is 37.7 Å². The molecule has 1 aromatic heterocycles. The van der Waals surface area contributed by atoms with Gasteiger partial charge in [-0.25, -0.2) is 4.79 Å². The smallest absolute Gasteiger partial charge is 0.315 e. The summed E-state index contributed by atoms with van der Waals surface area (Å²) in [4.78, 5) is 29.6. The molecule has 46 heavy (non-hydrogen) atoms. The van der Waals surface area contributed by atoms with Crippen molar-refractivity contribution in [2.24, 2.45) is 0 Å². The van der Waals surface area contributed by atoms with E-state index in [0.29, 0.717) is 11.5 Å². The quantitative estimate of drug-likeness (QED) is 0.154. The predicted octanol–water partition coefficient (Wildman–Crippen LogP) is 2.37. The van der Waals surface area contributed by atoms with Crippen molar-refractivity contribution in [3.8, 4) is 22.6 Å². The van der Waals surface area contributed by atoms with Crippen LogP contribution in [-0.4, -0.2) is 92.6 Å². The number of nitrogens with zero attached hydrogens (tertiary/aromatic N) is 5. The van der Waals surface area contributed by atoms with Crippen LogP contribution in [0.2, 0.25) is 0 Å². The van der Waals surface area contributed by atoms with E-state index >= 15 is 0 Å². The molecule has 5 N–H and O–H groups in total. The van der Waals surface area contributed by atoms with Gasteiger partial charge in [-0.2, -0.15) is 4.68 Å². The summed E-state index contributed by atoms with van der Waals surface area (Å²) in [5.41, 5.74) is 3.86. The normalized spacial score (nSPS) is 15.5. The number of carbonyl (C=O) groups is 2. The lowest BCUT2D eigenvalue weighted by molar-refractivity contribution is -0.120. The molecule has 0 unspecified atom stereocenters. The van der Waals surface area contributed by atoms with Gasteiger partial charge >= 0.3 is 6.03 Å². The maximum Gasteiger partial charge on any atom is 0.315 e. The van der Waals surface area contributed by atoms with Crippen molar-refractivity contribution in [2.45, 2.75) is 43.0 Å². The van der Waals surface area contributed by atoms with E-state index in [4.69, 9.17) is 9.84 Å². The van der Waals surface area contributed by atoms with Crippen molar-refractivity contribution in [1.29, 1.82) is 0 Å². The number of benzene rings is 3. The Morgan fingerprint density at radius 1 is 1.13 bits per heavy atom. The third-order valence-corrected chi connectivity index (χ3v) is 8.69. The number of hydrogen-bond acceptors (Lipinski definition) is 10. The van der Waals surface area contributed by atoms with E-state index in [2.05, 4.69) is 31.5 Å². The Balaban J connectivity index is 1.33. The molecule has 2 heterocycles. The standard InChI is InChI=1S/C32H38N8O5S/c1-32(2,34-15-23(42)17-41)19-33-31(44)36-26-18-46-29-14-24(45-3)12-13-28(29)39(30(26)43)16-21-8-10-22(11-9-21)25-6-4-5-7-27(25)40-20-35-37-38-40/h4-14,20,23,26,34,41-42H,15-19H2,1-3H3,(H2,33,36,44)/t23-,26+/m0/s1. The molecule has 0 saturated heterocycles. The number of thioether (sulfide) groups is 1. The first-order chi connectivity index (χ1) is 22.2. The largest absolute Gasteiger partial charge is 0.497 e. The topological polar surface area (TPSA) is 167 Å². The second-order valence-electron chi connectivity index (χ2n) is 11.5. The van der Waals surface area contributed by atoms with Crippen LogP contribution in [0, 0.1) is 0 Å². The molecule has 4 aromatic rings. The first kappa shape index (κ1) is 32.9. The van der Waals surface area contributed by atoms with Gasteiger partial charge < -0.3 is 35.8 Å². The fourth-order valence-electron chi connectivity index (χ4n) is 4.97. The second-order valence-corrected chi connectivity index (χ2v) is 12.6. The monoisotopic (exact) mass is 646 g/mol. The van der Waals surface area contributed by atoms with Gasteiger partial charge in [-0.05, 0) is 59.7 Å². The zero-order valence-corrected chi connectivity index (χ0v) is 26.7. The molecule has 1 aliphatic rings. The van der Waals surface area contributed by atoms with Gasteiger partial charge in [0, 0.05) is 34.8 Å². The van der Waals surface area contributed by atoms with Crippen LogP contribution in [0.5, 0.6) is 5.75 Å². The van der Waals surface area contributed by atoms with Crippen LogP contribution < -0.4 is 25.6 Å². The van der Waals surface area contributed by atoms with Gasteiger partial charge in [0.25, 0.3) is 5.91 Å². The zero-order chi connectivity index (χ0) is 32.7. The number of tetrazole rings is 1. The molecule has 0 aliphatic carbocycles. The molecule has 13 nitrogen and oxygen atoms in total. The summed E-state index contributed by atoms with van der Waals surface area (Å²) in [5, 5.41) is 39.1. The van der Waals surface area contributed by atoms with Crippen molar-refractivity contribution >= 4 is 29.4 Å². The predicted molar refractivity (Wildman–Crippen MR) is 175 cm³/mol. The average Bonchev–Trinajstić information content (AvgIpc) is 3.58. The number of hydrogen-bond donors (Lipinski definition) is 5. The summed E-state index contributed by atoms with van der Waals surface area (Å²) < 4.78 is 7.06. The Kier molecular flexibility index (Phi) is 10.5. The summed E-state index contributed by atoms with van der Waals surface area (Å²) >= 11 is 1.48. The molecular formula is C32H38N8O5S. The van der Waals surface area contributed by atoms with Crippen LogP contribution in [0.15, 0.2) is 78.0 Å². The van der Waals surface area contributed by atoms with E-state index in [9.17, 15) is 14.7 Å². The van der Waals surface area contributed by atoms with Crippen molar-refractivity contribution in [3.63, 3.8) is 0 Å². The van der Waals surface area contributed by atoms with Crippen LogP contribution in [0.4, 0.5) is 10.5 Å². The number of amides is 3. The van der Waals surface area contributed by atoms with Crippen molar-refractivity contribution < 1.29 is 24.5 Å². The van der Waals surface area contributed by atoms with Crippen LogP contribution in [0.25, 0.3) is 16.8 Å². The Labute approximate surface area is 271 Å². The summed E-state index contributed by atoms with van der Waals surface area (Å²) in [5.74, 6) is 0.776. The van der Waals surface area contributed by atoms with Crippen molar-refractivity contribution in [3.05, 3.63) is 78.6 Å². The molecule has 3 amide bonds. The number of nitrogens with one attached hydrogen (secondary N) is 3. The number of fused-ring (bicyclic) bond motifs is 1. The summed E-state index contributed by atoms with van der Waals surface area (Å²) in [6, 6.07) is 20.1. The maximum absolute atomic E-state index is 14.0. The van der Waals surface area contributed by atoms with Crippen LogP contribution in [0.3, 0.4) is 0 Å². The molecule has 0 saturated carbocycles. The minimum atomic E-state index is -0.899. The molecule has 0 radical (unpaired) electrons. The Morgan fingerprint density at radius 3 is 2.63 bits per heavy atom. The third kappa shape index (κ3) is 8.01. The minimum Gasteiger partial charge on any atom is -0.497 e. The highest BCUT2D eigenvalue weighted by atomic mass is 32.2. The Hall–Kier alpha value is -4.50. The van der Waals surface area contributed by atoms with Crippen molar-refractivity contribution in [2.75, 3.05) is 37.5 Å². The highest BCUT2D eigenvalue weighted by Gasteiger charge is 2.33. The Bertz CT molecular complexity index is 1630.